The van der Waals surface area contributed by atoms with Gasteiger partial charge in [-0.15, -0.1) is 5.10 Å². The lowest BCUT2D eigenvalue weighted by Gasteiger charge is -2.10. The second-order valence-electron chi connectivity index (χ2n) is 5.54. The summed E-state index contributed by atoms with van der Waals surface area (Å²) in [5, 5.41) is 18.1. The molecule has 2 N–H and O–H groups in total. The van der Waals surface area contributed by atoms with Crippen LogP contribution < -0.4 is 5.32 Å². The molecular weight excluding hydrogens is 340 g/mol. The van der Waals surface area contributed by atoms with Gasteiger partial charge >= 0.3 is 0 Å². The van der Waals surface area contributed by atoms with Crippen LogP contribution in [0.1, 0.15) is 10.5 Å². The quantitative estimate of drug-likeness (QED) is 0.592. The molecule has 0 radical (unpaired) electrons. The highest BCUT2D eigenvalue weighted by Gasteiger charge is 2.16. The molecule has 25 heavy (non-hydrogen) atoms. The molecule has 4 rings (SSSR count). The lowest BCUT2D eigenvalue weighted by atomic mass is 10.1. The number of amides is 1. The second kappa shape index (κ2) is 6.03. The second-order valence-corrected chi connectivity index (χ2v) is 5.98. The molecule has 0 spiro atoms. The van der Waals surface area contributed by atoms with Crippen molar-refractivity contribution in [2.45, 2.75) is 0 Å². The van der Waals surface area contributed by atoms with Crippen LogP contribution in [-0.2, 0) is 7.05 Å². The number of hydrogen-bond acceptors (Lipinski definition) is 4. The van der Waals surface area contributed by atoms with Crippen molar-refractivity contribution < 1.29 is 4.79 Å². The van der Waals surface area contributed by atoms with Crippen LogP contribution in [0.15, 0.2) is 48.5 Å². The van der Waals surface area contributed by atoms with E-state index in [9.17, 15) is 4.79 Å². The van der Waals surface area contributed by atoms with Gasteiger partial charge in [0.15, 0.2) is 5.82 Å². The Balaban J connectivity index is 1.72. The highest BCUT2D eigenvalue weighted by atomic mass is 35.5. The highest BCUT2D eigenvalue weighted by Crippen LogP contribution is 2.29. The van der Waals surface area contributed by atoms with Crippen molar-refractivity contribution in [1.29, 1.82) is 0 Å². The van der Waals surface area contributed by atoms with E-state index in [1.54, 1.807) is 18.2 Å². The molecule has 1 amide bonds. The van der Waals surface area contributed by atoms with Crippen molar-refractivity contribution in [3.05, 3.63) is 59.2 Å². The first-order valence-corrected chi connectivity index (χ1v) is 7.91. The smallest absolute Gasteiger partial charge is 0.272 e. The van der Waals surface area contributed by atoms with E-state index in [1.165, 1.54) is 0 Å². The number of para-hydroxylation sites is 1. The van der Waals surface area contributed by atoms with Crippen LogP contribution in [0.25, 0.3) is 22.3 Å². The van der Waals surface area contributed by atoms with Gasteiger partial charge in [-0.3, -0.25) is 4.79 Å². The standard InChI is InChI=1S/C17H13ClN6O/c1-24-14-5-3-2-4-10(14)8-15(24)17(25)19-13-7-6-11(18)9-12(13)16-20-22-23-21-16/h2-9H,1H3,(H,19,25)(H,20,21,22,23). The van der Waals surface area contributed by atoms with Gasteiger partial charge in [0.05, 0.1) is 5.69 Å². The number of anilines is 1. The summed E-state index contributed by atoms with van der Waals surface area (Å²) in [5.41, 5.74) is 2.73. The molecule has 0 bridgehead atoms. The summed E-state index contributed by atoms with van der Waals surface area (Å²) < 4.78 is 1.86. The number of carbonyl (C=O) groups is 1. The fourth-order valence-corrected chi connectivity index (χ4v) is 2.96. The summed E-state index contributed by atoms with van der Waals surface area (Å²) in [6.45, 7) is 0. The topological polar surface area (TPSA) is 88.5 Å². The Hall–Kier alpha value is -3.19. The minimum atomic E-state index is -0.227. The number of tetrazole rings is 1. The van der Waals surface area contributed by atoms with Gasteiger partial charge in [-0.2, -0.15) is 0 Å². The Morgan fingerprint density at radius 3 is 2.80 bits per heavy atom. The summed E-state index contributed by atoms with van der Waals surface area (Å²) in [5.74, 6) is 0.199. The number of halogens is 1. The molecule has 0 atom stereocenters. The Kier molecular flexibility index (Phi) is 3.70. The first-order valence-electron chi connectivity index (χ1n) is 7.53. The zero-order valence-electron chi connectivity index (χ0n) is 13.2. The fourth-order valence-electron chi connectivity index (χ4n) is 2.79. The Labute approximate surface area is 147 Å². The molecule has 0 aliphatic rings. The van der Waals surface area contributed by atoms with Crippen LogP contribution in [0, 0.1) is 0 Å². The zero-order valence-corrected chi connectivity index (χ0v) is 13.9. The van der Waals surface area contributed by atoms with Crippen molar-refractivity contribution in [1.82, 2.24) is 25.2 Å². The average Bonchev–Trinajstić information content (AvgIpc) is 3.25. The van der Waals surface area contributed by atoms with Crippen LogP contribution >= 0.6 is 11.6 Å². The number of hydrogen-bond donors (Lipinski definition) is 2. The molecule has 2 aromatic carbocycles. The monoisotopic (exact) mass is 352 g/mol. The number of rotatable bonds is 3. The van der Waals surface area contributed by atoms with E-state index >= 15 is 0 Å². The predicted octanol–water partition coefficient (Wildman–Crippen LogP) is 3.26. The van der Waals surface area contributed by atoms with Gasteiger partial charge in [0.1, 0.15) is 5.69 Å². The molecule has 0 fully saturated rings. The van der Waals surface area contributed by atoms with E-state index < -0.39 is 0 Å². The summed E-state index contributed by atoms with van der Waals surface area (Å²) in [6.07, 6.45) is 0. The molecule has 4 aromatic rings. The van der Waals surface area contributed by atoms with Gasteiger partial charge in [0.25, 0.3) is 5.91 Å². The molecule has 0 saturated carbocycles. The normalized spacial score (nSPS) is 11.0. The molecule has 0 aliphatic heterocycles. The third-order valence-electron chi connectivity index (χ3n) is 4.01. The maximum Gasteiger partial charge on any atom is 0.272 e. The van der Waals surface area contributed by atoms with E-state index in [1.807, 2.05) is 41.9 Å². The van der Waals surface area contributed by atoms with Gasteiger partial charge < -0.3 is 9.88 Å². The molecule has 2 aromatic heterocycles. The number of nitrogens with zero attached hydrogens (tertiary/aromatic N) is 4. The average molecular weight is 353 g/mol. The first-order chi connectivity index (χ1) is 12.1. The third kappa shape index (κ3) is 2.74. The number of aromatic nitrogens is 5. The molecule has 0 aliphatic carbocycles. The summed E-state index contributed by atoms with van der Waals surface area (Å²) in [4.78, 5) is 12.8. The molecule has 7 nitrogen and oxygen atoms in total. The minimum Gasteiger partial charge on any atom is -0.340 e. The van der Waals surface area contributed by atoms with Crippen molar-refractivity contribution >= 4 is 34.1 Å². The lowest BCUT2D eigenvalue weighted by molar-refractivity contribution is 0.102. The van der Waals surface area contributed by atoms with Crippen LogP contribution in [0.3, 0.4) is 0 Å². The van der Waals surface area contributed by atoms with Crippen molar-refractivity contribution in [2.24, 2.45) is 7.05 Å². The van der Waals surface area contributed by atoms with Gasteiger partial charge in [0, 0.05) is 28.5 Å². The number of aryl methyl sites for hydroxylation is 1. The van der Waals surface area contributed by atoms with E-state index in [2.05, 4.69) is 25.9 Å². The zero-order chi connectivity index (χ0) is 17.4. The number of benzene rings is 2. The van der Waals surface area contributed by atoms with Gasteiger partial charge in [-0.1, -0.05) is 29.8 Å². The van der Waals surface area contributed by atoms with Gasteiger partial charge in [-0.05, 0) is 40.8 Å². The van der Waals surface area contributed by atoms with E-state index in [0.29, 0.717) is 27.8 Å². The number of aromatic amines is 1. The van der Waals surface area contributed by atoms with E-state index in [4.69, 9.17) is 11.6 Å². The fraction of sp³-hybridized carbons (Fsp3) is 0.0588. The molecule has 8 heteroatoms. The SMILES string of the molecule is Cn1c(C(=O)Nc2ccc(Cl)cc2-c2nnn[nH]2)cc2ccccc21. The summed E-state index contributed by atoms with van der Waals surface area (Å²) >= 11 is 6.07. The van der Waals surface area contributed by atoms with Crippen molar-refractivity contribution in [3.63, 3.8) is 0 Å². The van der Waals surface area contributed by atoms with Crippen LogP contribution in [-0.4, -0.2) is 31.1 Å². The Morgan fingerprint density at radius 2 is 2.04 bits per heavy atom. The maximum absolute atomic E-state index is 12.8. The number of fused-ring (bicyclic) bond motifs is 1. The van der Waals surface area contributed by atoms with Crippen LogP contribution in [0.2, 0.25) is 5.02 Å². The number of nitrogens with one attached hydrogen (secondary N) is 2. The van der Waals surface area contributed by atoms with Gasteiger partial charge in [-0.25, -0.2) is 5.10 Å². The highest BCUT2D eigenvalue weighted by molar-refractivity contribution is 6.31. The third-order valence-corrected chi connectivity index (χ3v) is 4.25. The van der Waals surface area contributed by atoms with Crippen LogP contribution in [0.4, 0.5) is 5.69 Å². The lowest BCUT2D eigenvalue weighted by Crippen LogP contribution is -2.16. The molecule has 0 saturated heterocycles. The molecule has 0 unspecified atom stereocenters. The van der Waals surface area contributed by atoms with Gasteiger partial charge in [0.2, 0.25) is 0 Å². The summed E-state index contributed by atoms with van der Waals surface area (Å²) in [6, 6.07) is 14.8. The maximum atomic E-state index is 12.8. The van der Waals surface area contributed by atoms with Crippen LogP contribution in [0.5, 0.6) is 0 Å². The molecule has 124 valence electrons. The van der Waals surface area contributed by atoms with E-state index in [-0.39, 0.29) is 5.91 Å². The molecule has 2 heterocycles. The predicted molar refractivity (Wildman–Crippen MR) is 95.5 cm³/mol. The Bertz CT molecular complexity index is 1070. The number of H-pyrrole nitrogens is 1. The van der Waals surface area contributed by atoms with Crippen molar-refractivity contribution in [2.75, 3.05) is 5.32 Å². The summed E-state index contributed by atoms with van der Waals surface area (Å²) in [7, 11) is 1.86. The Morgan fingerprint density at radius 1 is 1.20 bits per heavy atom. The van der Waals surface area contributed by atoms with Crippen molar-refractivity contribution in [3.8, 4) is 11.4 Å². The molecular formula is C17H13ClN6O. The minimum absolute atomic E-state index is 0.227. The number of carbonyl (C=O) groups excluding carboxylic acids is 1. The van der Waals surface area contributed by atoms with E-state index in [0.717, 1.165) is 10.9 Å². The largest absolute Gasteiger partial charge is 0.340 e. The first kappa shape index (κ1) is 15.3.